The van der Waals surface area contributed by atoms with Gasteiger partial charge in [0.25, 0.3) is 0 Å². The Balaban J connectivity index is 3.59. The summed E-state index contributed by atoms with van der Waals surface area (Å²) in [7, 11) is 0. The molecule has 0 aromatic carbocycles. The van der Waals surface area contributed by atoms with E-state index in [1.54, 1.807) is 0 Å². The SMILES string of the molecule is CCC(C)(C)CNCC(=O)NC(C)C. The second-order valence-electron chi connectivity index (χ2n) is 4.84. The largest absolute Gasteiger partial charge is 0.353 e. The third kappa shape index (κ3) is 6.89. The predicted molar refractivity (Wildman–Crippen MR) is 60.2 cm³/mol. The molecule has 84 valence electrons. The van der Waals surface area contributed by atoms with Crippen LogP contribution in [0.25, 0.3) is 0 Å². The van der Waals surface area contributed by atoms with E-state index in [0.717, 1.165) is 13.0 Å². The number of carbonyl (C=O) groups is 1. The summed E-state index contributed by atoms with van der Waals surface area (Å²) >= 11 is 0. The van der Waals surface area contributed by atoms with Crippen LogP contribution in [0, 0.1) is 5.41 Å². The van der Waals surface area contributed by atoms with Crippen LogP contribution in [0.1, 0.15) is 41.0 Å². The molecule has 14 heavy (non-hydrogen) atoms. The Bertz CT molecular complexity index is 176. The number of carbonyl (C=O) groups excluding carboxylic acids is 1. The zero-order valence-electron chi connectivity index (χ0n) is 10.1. The first kappa shape index (κ1) is 13.4. The van der Waals surface area contributed by atoms with Crippen molar-refractivity contribution in [3.63, 3.8) is 0 Å². The number of hydrogen-bond acceptors (Lipinski definition) is 2. The average molecular weight is 200 g/mol. The summed E-state index contributed by atoms with van der Waals surface area (Å²) in [4.78, 5) is 11.3. The fourth-order valence-corrected chi connectivity index (χ4v) is 1.01. The molecule has 0 saturated heterocycles. The van der Waals surface area contributed by atoms with Gasteiger partial charge in [-0.15, -0.1) is 0 Å². The van der Waals surface area contributed by atoms with E-state index in [4.69, 9.17) is 0 Å². The molecule has 0 aliphatic heterocycles. The molecule has 3 nitrogen and oxygen atoms in total. The van der Waals surface area contributed by atoms with Gasteiger partial charge in [-0.3, -0.25) is 4.79 Å². The molecule has 0 fully saturated rings. The molecular weight excluding hydrogens is 176 g/mol. The molecule has 0 atom stereocenters. The van der Waals surface area contributed by atoms with Gasteiger partial charge in [-0.05, 0) is 25.7 Å². The Labute approximate surface area is 87.6 Å². The first-order chi connectivity index (χ1) is 6.37. The van der Waals surface area contributed by atoms with Crippen LogP contribution in [0.15, 0.2) is 0 Å². The zero-order valence-corrected chi connectivity index (χ0v) is 10.1. The first-order valence-electron chi connectivity index (χ1n) is 5.37. The summed E-state index contributed by atoms with van der Waals surface area (Å²) < 4.78 is 0. The summed E-state index contributed by atoms with van der Waals surface area (Å²) in [6, 6.07) is 0.225. The third-order valence-electron chi connectivity index (χ3n) is 2.30. The van der Waals surface area contributed by atoms with Crippen LogP contribution >= 0.6 is 0 Å². The quantitative estimate of drug-likeness (QED) is 0.683. The van der Waals surface area contributed by atoms with E-state index >= 15 is 0 Å². The van der Waals surface area contributed by atoms with Crippen molar-refractivity contribution in [3.05, 3.63) is 0 Å². The highest BCUT2D eigenvalue weighted by Gasteiger charge is 2.14. The van der Waals surface area contributed by atoms with Gasteiger partial charge in [0, 0.05) is 12.6 Å². The predicted octanol–water partition coefficient (Wildman–Crippen LogP) is 1.54. The average Bonchev–Trinajstić information content (AvgIpc) is 2.02. The molecular formula is C11H24N2O. The molecule has 1 amide bonds. The molecule has 2 N–H and O–H groups in total. The molecule has 0 aromatic heterocycles. The molecule has 0 aromatic rings. The summed E-state index contributed by atoms with van der Waals surface area (Å²) in [6.45, 7) is 11.8. The molecule has 0 spiro atoms. The number of amides is 1. The fraction of sp³-hybridized carbons (Fsp3) is 0.909. The summed E-state index contributed by atoms with van der Waals surface area (Å²) in [5.74, 6) is 0.0758. The Morgan fingerprint density at radius 2 is 1.93 bits per heavy atom. The van der Waals surface area contributed by atoms with Crippen molar-refractivity contribution >= 4 is 5.91 Å². The first-order valence-corrected chi connectivity index (χ1v) is 5.37. The summed E-state index contributed by atoms with van der Waals surface area (Å²) in [5.41, 5.74) is 0.276. The normalized spacial score (nSPS) is 11.9. The Hall–Kier alpha value is -0.570. The molecule has 0 unspecified atom stereocenters. The minimum atomic E-state index is 0.0758. The van der Waals surface area contributed by atoms with Crippen LogP contribution in [0.3, 0.4) is 0 Å². The van der Waals surface area contributed by atoms with Gasteiger partial charge in [-0.1, -0.05) is 20.8 Å². The number of rotatable bonds is 6. The van der Waals surface area contributed by atoms with Crippen molar-refractivity contribution in [3.8, 4) is 0 Å². The van der Waals surface area contributed by atoms with E-state index < -0.39 is 0 Å². The standard InChI is InChI=1S/C11H24N2O/c1-6-11(4,5)8-12-7-10(14)13-9(2)3/h9,12H,6-8H2,1-5H3,(H,13,14). The highest BCUT2D eigenvalue weighted by Crippen LogP contribution is 2.17. The molecule has 0 aliphatic rings. The Kier molecular flexibility index (Phi) is 5.77. The van der Waals surface area contributed by atoms with Gasteiger partial charge in [0.1, 0.15) is 0 Å². The highest BCUT2D eigenvalue weighted by molar-refractivity contribution is 5.78. The number of nitrogens with one attached hydrogen (secondary N) is 2. The Morgan fingerprint density at radius 1 is 1.36 bits per heavy atom. The molecule has 0 heterocycles. The smallest absolute Gasteiger partial charge is 0.234 e. The van der Waals surface area contributed by atoms with Crippen LogP contribution in [0.2, 0.25) is 0 Å². The minimum Gasteiger partial charge on any atom is -0.353 e. The van der Waals surface area contributed by atoms with E-state index in [1.807, 2.05) is 13.8 Å². The van der Waals surface area contributed by atoms with Crippen LogP contribution in [-0.2, 0) is 4.79 Å². The van der Waals surface area contributed by atoms with Gasteiger partial charge in [0.05, 0.1) is 6.54 Å². The van der Waals surface area contributed by atoms with E-state index in [0.29, 0.717) is 6.54 Å². The topological polar surface area (TPSA) is 41.1 Å². The van der Waals surface area contributed by atoms with Gasteiger partial charge in [-0.2, -0.15) is 0 Å². The van der Waals surface area contributed by atoms with Crippen molar-refractivity contribution in [2.75, 3.05) is 13.1 Å². The van der Waals surface area contributed by atoms with E-state index in [9.17, 15) is 4.79 Å². The van der Waals surface area contributed by atoms with Gasteiger partial charge >= 0.3 is 0 Å². The van der Waals surface area contributed by atoms with Crippen LogP contribution in [-0.4, -0.2) is 25.0 Å². The van der Waals surface area contributed by atoms with Crippen LogP contribution in [0.4, 0.5) is 0 Å². The maximum absolute atomic E-state index is 11.3. The van der Waals surface area contributed by atoms with Crippen molar-refractivity contribution in [1.29, 1.82) is 0 Å². The lowest BCUT2D eigenvalue weighted by atomic mass is 9.90. The maximum atomic E-state index is 11.3. The molecule has 0 rings (SSSR count). The minimum absolute atomic E-state index is 0.0758. The van der Waals surface area contributed by atoms with E-state index in [2.05, 4.69) is 31.4 Å². The van der Waals surface area contributed by atoms with Gasteiger partial charge in [-0.25, -0.2) is 0 Å². The zero-order chi connectivity index (χ0) is 11.2. The van der Waals surface area contributed by atoms with Crippen molar-refractivity contribution in [2.45, 2.75) is 47.1 Å². The molecule has 0 bridgehead atoms. The second kappa shape index (κ2) is 6.02. The van der Waals surface area contributed by atoms with Crippen molar-refractivity contribution in [2.24, 2.45) is 5.41 Å². The summed E-state index contributed by atoms with van der Waals surface area (Å²) in [6.07, 6.45) is 1.12. The lowest BCUT2D eigenvalue weighted by Crippen LogP contribution is -2.40. The third-order valence-corrected chi connectivity index (χ3v) is 2.30. The van der Waals surface area contributed by atoms with Crippen molar-refractivity contribution in [1.82, 2.24) is 10.6 Å². The van der Waals surface area contributed by atoms with Gasteiger partial charge < -0.3 is 10.6 Å². The monoisotopic (exact) mass is 200 g/mol. The van der Waals surface area contributed by atoms with Crippen LogP contribution in [0.5, 0.6) is 0 Å². The fourth-order valence-electron chi connectivity index (χ4n) is 1.01. The maximum Gasteiger partial charge on any atom is 0.234 e. The van der Waals surface area contributed by atoms with Gasteiger partial charge in [0.15, 0.2) is 0 Å². The van der Waals surface area contributed by atoms with Crippen molar-refractivity contribution < 1.29 is 4.79 Å². The molecule has 3 heteroatoms. The second-order valence-corrected chi connectivity index (χ2v) is 4.84. The molecule has 0 aliphatic carbocycles. The van der Waals surface area contributed by atoms with E-state index in [-0.39, 0.29) is 17.4 Å². The number of hydrogen-bond donors (Lipinski definition) is 2. The molecule has 0 saturated carbocycles. The Morgan fingerprint density at radius 3 is 2.36 bits per heavy atom. The van der Waals surface area contributed by atoms with E-state index in [1.165, 1.54) is 0 Å². The molecule has 0 radical (unpaired) electrons. The van der Waals surface area contributed by atoms with Gasteiger partial charge in [0.2, 0.25) is 5.91 Å². The lowest BCUT2D eigenvalue weighted by Gasteiger charge is -2.22. The summed E-state index contributed by atoms with van der Waals surface area (Å²) in [5, 5.41) is 6.02. The lowest BCUT2D eigenvalue weighted by molar-refractivity contribution is -0.120. The highest BCUT2D eigenvalue weighted by atomic mass is 16.1. The van der Waals surface area contributed by atoms with Crippen LogP contribution < -0.4 is 10.6 Å².